The van der Waals surface area contributed by atoms with Gasteiger partial charge < -0.3 is 16.0 Å². The van der Waals surface area contributed by atoms with Gasteiger partial charge in [-0.25, -0.2) is 0 Å². The molecule has 2 amide bonds. The summed E-state index contributed by atoms with van der Waals surface area (Å²) in [4.78, 5) is 25.4. The Hall–Kier alpha value is -1.75. The van der Waals surface area contributed by atoms with Crippen LogP contribution in [-0.2, 0) is 9.59 Å². The van der Waals surface area contributed by atoms with Gasteiger partial charge in [-0.15, -0.1) is 0 Å². The number of anilines is 2. The third-order valence-electron chi connectivity index (χ3n) is 3.29. The molecule has 108 valence electrons. The molecule has 3 N–H and O–H groups in total. The van der Waals surface area contributed by atoms with E-state index in [0.717, 1.165) is 19.3 Å². The zero-order chi connectivity index (χ0) is 14.5. The molecule has 0 spiro atoms. The molecule has 0 aromatic heterocycles. The Morgan fingerprint density at radius 1 is 1.35 bits per heavy atom. The van der Waals surface area contributed by atoms with Gasteiger partial charge in [0.2, 0.25) is 11.8 Å². The lowest BCUT2D eigenvalue weighted by atomic mass is 10.2. The van der Waals surface area contributed by atoms with Crippen molar-refractivity contribution in [3.8, 4) is 0 Å². The molecule has 0 unspecified atom stereocenters. The van der Waals surface area contributed by atoms with E-state index in [4.69, 9.17) is 17.3 Å². The average molecular weight is 296 g/mol. The SMILES string of the molecule is Nc1cc(Cl)ccc1NC(=O)CN1CCCCCC1=O. The van der Waals surface area contributed by atoms with Gasteiger partial charge in [0.15, 0.2) is 0 Å². The van der Waals surface area contributed by atoms with E-state index in [1.54, 1.807) is 23.1 Å². The number of nitrogens with two attached hydrogens (primary N) is 1. The normalized spacial score (nSPS) is 15.8. The number of nitrogens with zero attached hydrogens (tertiary/aromatic N) is 1. The number of rotatable bonds is 3. The quantitative estimate of drug-likeness (QED) is 0.840. The number of benzene rings is 1. The summed E-state index contributed by atoms with van der Waals surface area (Å²) in [6.45, 7) is 0.712. The molecule has 1 aliphatic heterocycles. The Kier molecular flexibility index (Phi) is 4.84. The molecule has 0 bridgehead atoms. The van der Waals surface area contributed by atoms with Crippen LogP contribution in [0, 0.1) is 0 Å². The summed E-state index contributed by atoms with van der Waals surface area (Å²) in [7, 11) is 0. The van der Waals surface area contributed by atoms with E-state index in [-0.39, 0.29) is 18.4 Å². The lowest BCUT2D eigenvalue weighted by Crippen LogP contribution is -2.37. The summed E-state index contributed by atoms with van der Waals surface area (Å²) in [5.74, 6) is -0.198. The summed E-state index contributed by atoms with van der Waals surface area (Å²) in [6, 6.07) is 4.89. The van der Waals surface area contributed by atoms with Crippen LogP contribution >= 0.6 is 11.6 Å². The maximum absolute atomic E-state index is 12.0. The Bertz CT molecular complexity index is 519. The molecule has 0 atom stereocenters. The van der Waals surface area contributed by atoms with E-state index in [1.165, 1.54) is 0 Å². The Balaban J connectivity index is 1.96. The number of amides is 2. The minimum absolute atomic E-state index is 0.0433. The molecule has 1 aliphatic rings. The molecule has 1 aromatic rings. The Morgan fingerprint density at radius 2 is 2.15 bits per heavy atom. The van der Waals surface area contributed by atoms with Crippen LogP contribution in [0.25, 0.3) is 0 Å². The minimum atomic E-state index is -0.241. The molecule has 5 nitrogen and oxygen atoms in total. The molecular weight excluding hydrogens is 278 g/mol. The molecule has 1 saturated heterocycles. The van der Waals surface area contributed by atoms with Crippen LogP contribution in [0.2, 0.25) is 5.02 Å². The first-order chi connectivity index (χ1) is 9.56. The first kappa shape index (κ1) is 14.7. The summed E-state index contributed by atoms with van der Waals surface area (Å²) in [5.41, 5.74) is 6.70. The molecule has 0 radical (unpaired) electrons. The first-order valence-electron chi connectivity index (χ1n) is 6.69. The number of carbonyl (C=O) groups excluding carboxylic acids is 2. The average Bonchev–Trinajstić information content (AvgIpc) is 2.59. The third-order valence-corrected chi connectivity index (χ3v) is 3.53. The largest absolute Gasteiger partial charge is 0.397 e. The molecule has 0 aliphatic carbocycles. The number of hydrogen-bond acceptors (Lipinski definition) is 3. The van der Waals surface area contributed by atoms with Crippen molar-refractivity contribution in [2.45, 2.75) is 25.7 Å². The fraction of sp³-hybridized carbons (Fsp3) is 0.429. The van der Waals surface area contributed by atoms with Crippen molar-refractivity contribution in [2.24, 2.45) is 0 Å². The highest BCUT2D eigenvalue weighted by Gasteiger charge is 2.19. The topological polar surface area (TPSA) is 75.4 Å². The maximum atomic E-state index is 12.0. The second-order valence-corrected chi connectivity index (χ2v) is 5.34. The smallest absolute Gasteiger partial charge is 0.244 e. The number of halogens is 1. The van der Waals surface area contributed by atoms with Crippen LogP contribution in [0.5, 0.6) is 0 Å². The van der Waals surface area contributed by atoms with Gasteiger partial charge in [0.1, 0.15) is 0 Å². The fourth-order valence-corrected chi connectivity index (χ4v) is 2.40. The highest BCUT2D eigenvalue weighted by Crippen LogP contribution is 2.22. The van der Waals surface area contributed by atoms with Crippen molar-refractivity contribution in [3.05, 3.63) is 23.2 Å². The van der Waals surface area contributed by atoms with Crippen LogP contribution in [0.15, 0.2) is 18.2 Å². The van der Waals surface area contributed by atoms with E-state index in [9.17, 15) is 9.59 Å². The molecule has 1 aromatic carbocycles. The molecular formula is C14H18ClN3O2. The lowest BCUT2D eigenvalue weighted by molar-refractivity contribution is -0.134. The van der Waals surface area contributed by atoms with Crippen LogP contribution in [0.1, 0.15) is 25.7 Å². The Morgan fingerprint density at radius 3 is 2.90 bits per heavy atom. The van der Waals surface area contributed by atoms with Gasteiger partial charge in [-0.05, 0) is 31.0 Å². The summed E-state index contributed by atoms with van der Waals surface area (Å²) in [6.07, 6.45) is 3.41. The van der Waals surface area contributed by atoms with Gasteiger partial charge in [-0.3, -0.25) is 9.59 Å². The molecule has 2 rings (SSSR count). The van der Waals surface area contributed by atoms with Gasteiger partial charge in [-0.2, -0.15) is 0 Å². The number of carbonyl (C=O) groups is 2. The van der Waals surface area contributed by atoms with Crippen molar-refractivity contribution >= 4 is 34.8 Å². The monoisotopic (exact) mass is 295 g/mol. The predicted octanol–water partition coefficient (Wildman–Crippen LogP) is 2.26. The van der Waals surface area contributed by atoms with Crippen molar-refractivity contribution in [2.75, 3.05) is 24.1 Å². The van der Waals surface area contributed by atoms with Crippen LogP contribution in [-0.4, -0.2) is 29.8 Å². The van der Waals surface area contributed by atoms with Crippen molar-refractivity contribution in [1.82, 2.24) is 4.90 Å². The van der Waals surface area contributed by atoms with Crippen LogP contribution < -0.4 is 11.1 Å². The van der Waals surface area contributed by atoms with Gasteiger partial charge in [0, 0.05) is 18.0 Å². The van der Waals surface area contributed by atoms with Crippen molar-refractivity contribution in [3.63, 3.8) is 0 Å². The number of hydrogen-bond donors (Lipinski definition) is 2. The number of nitrogen functional groups attached to an aromatic ring is 1. The highest BCUT2D eigenvalue weighted by atomic mass is 35.5. The Labute approximate surface area is 123 Å². The third kappa shape index (κ3) is 3.87. The standard InChI is InChI=1S/C14H18ClN3O2/c15-10-5-6-12(11(16)8-10)17-13(19)9-18-7-3-1-2-4-14(18)20/h5-6,8H,1-4,7,9,16H2,(H,17,19). The van der Waals surface area contributed by atoms with Crippen molar-refractivity contribution < 1.29 is 9.59 Å². The summed E-state index contributed by atoms with van der Waals surface area (Å²) in [5, 5.41) is 3.23. The zero-order valence-electron chi connectivity index (χ0n) is 11.2. The first-order valence-corrected chi connectivity index (χ1v) is 7.07. The van der Waals surface area contributed by atoms with E-state index >= 15 is 0 Å². The van der Waals surface area contributed by atoms with E-state index in [0.29, 0.717) is 29.4 Å². The maximum Gasteiger partial charge on any atom is 0.244 e. The van der Waals surface area contributed by atoms with E-state index in [2.05, 4.69) is 5.32 Å². The summed E-state index contributed by atoms with van der Waals surface area (Å²) < 4.78 is 0. The van der Waals surface area contributed by atoms with Gasteiger partial charge in [-0.1, -0.05) is 18.0 Å². The highest BCUT2D eigenvalue weighted by molar-refractivity contribution is 6.31. The number of nitrogens with one attached hydrogen (secondary N) is 1. The molecule has 0 saturated carbocycles. The van der Waals surface area contributed by atoms with Crippen LogP contribution in [0.4, 0.5) is 11.4 Å². The molecule has 6 heteroatoms. The molecule has 20 heavy (non-hydrogen) atoms. The molecule has 1 heterocycles. The number of likely N-dealkylation sites (tertiary alicyclic amines) is 1. The molecule has 1 fully saturated rings. The van der Waals surface area contributed by atoms with E-state index < -0.39 is 0 Å². The van der Waals surface area contributed by atoms with Crippen LogP contribution in [0.3, 0.4) is 0 Å². The predicted molar refractivity (Wildman–Crippen MR) is 79.5 cm³/mol. The zero-order valence-corrected chi connectivity index (χ0v) is 11.9. The van der Waals surface area contributed by atoms with Gasteiger partial charge >= 0.3 is 0 Å². The lowest BCUT2D eigenvalue weighted by Gasteiger charge is -2.20. The van der Waals surface area contributed by atoms with Gasteiger partial charge in [0.25, 0.3) is 0 Å². The fourth-order valence-electron chi connectivity index (χ4n) is 2.22. The minimum Gasteiger partial charge on any atom is -0.397 e. The second kappa shape index (κ2) is 6.61. The van der Waals surface area contributed by atoms with E-state index in [1.807, 2.05) is 0 Å². The van der Waals surface area contributed by atoms with Gasteiger partial charge in [0.05, 0.1) is 17.9 Å². The van der Waals surface area contributed by atoms with Crippen molar-refractivity contribution in [1.29, 1.82) is 0 Å². The second-order valence-electron chi connectivity index (χ2n) is 4.91. The summed E-state index contributed by atoms with van der Waals surface area (Å²) >= 11 is 5.80.